The zero-order valence-corrected chi connectivity index (χ0v) is 4.74. The topological polar surface area (TPSA) is 12.5 Å². The summed E-state index contributed by atoms with van der Waals surface area (Å²) in [7, 11) is 0. The summed E-state index contributed by atoms with van der Waals surface area (Å²) >= 11 is 0. The minimum absolute atomic E-state index is 0.105. The van der Waals surface area contributed by atoms with Gasteiger partial charge in [-0.25, -0.2) is 0 Å². The highest BCUT2D eigenvalue weighted by Crippen LogP contribution is 2.26. The molecular weight excluding hydrogens is 133 g/mol. The van der Waals surface area contributed by atoms with Crippen LogP contribution in [0.2, 0.25) is 0 Å². The van der Waals surface area contributed by atoms with Gasteiger partial charge in [-0.15, -0.1) is 0 Å². The Kier molecular flexibility index (Phi) is 1.66. The molecule has 1 heterocycles. The van der Waals surface area contributed by atoms with Gasteiger partial charge in [0.05, 0.1) is 12.7 Å². The van der Waals surface area contributed by atoms with Gasteiger partial charge in [-0.05, 0) is 6.42 Å². The van der Waals surface area contributed by atoms with Crippen LogP contribution in [0.25, 0.3) is 0 Å². The smallest absolute Gasteiger partial charge is 0.373 e. The average Bonchev–Trinajstić information content (AvgIpc) is 2.38. The number of epoxide rings is 1. The van der Waals surface area contributed by atoms with Gasteiger partial charge in [-0.3, -0.25) is 0 Å². The molecule has 0 aliphatic carbocycles. The molecule has 4 heteroatoms. The van der Waals surface area contributed by atoms with Crippen LogP contribution in [-0.2, 0) is 4.74 Å². The van der Waals surface area contributed by atoms with E-state index in [2.05, 4.69) is 4.74 Å². The molecule has 0 aromatic heterocycles. The molecular formula is C5H7F3O. The molecule has 9 heavy (non-hydrogen) atoms. The number of ether oxygens (including phenoxy) is 1. The maximum absolute atomic E-state index is 11.4. The van der Waals surface area contributed by atoms with Crippen molar-refractivity contribution >= 4 is 0 Å². The number of hydrogen-bond acceptors (Lipinski definition) is 1. The average molecular weight is 140 g/mol. The van der Waals surface area contributed by atoms with Crippen molar-refractivity contribution in [2.75, 3.05) is 6.61 Å². The van der Waals surface area contributed by atoms with Gasteiger partial charge < -0.3 is 4.74 Å². The summed E-state index contributed by atoms with van der Waals surface area (Å²) in [5, 5.41) is 0. The van der Waals surface area contributed by atoms with Crippen molar-refractivity contribution in [1.29, 1.82) is 0 Å². The minimum Gasteiger partial charge on any atom is -0.373 e. The summed E-state index contributed by atoms with van der Waals surface area (Å²) in [5.74, 6) is 0. The maximum atomic E-state index is 11.4. The third-order valence-corrected chi connectivity index (χ3v) is 1.15. The number of hydrogen-bond donors (Lipinski definition) is 0. The summed E-state index contributed by atoms with van der Waals surface area (Å²) in [4.78, 5) is 0. The number of alkyl halides is 3. The lowest BCUT2D eigenvalue weighted by Crippen LogP contribution is -2.07. The molecule has 1 rings (SSSR count). The molecule has 1 atom stereocenters. The van der Waals surface area contributed by atoms with Gasteiger partial charge in [0, 0.05) is 6.42 Å². The quantitative estimate of drug-likeness (QED) is 0.532. The Morgan fingerprint density at radius 3 is 2.33 bits per heavy atom. The fraction of sp³-hybridized carbons (Fsp3) is 1.00. The van der Waals surface area contributed by atoms with Gasteiger partial charge in [0.15, 0.2) is 0 Å². The lowest BCUT2D eigenvalue weighted by Gasteiger charge is -2.02. The van der Waals surface area contributed by atoms with Crippen molar-refractivity contribution in [2.24, 2.45) is 0 Å². The summed E-state index contributed by atoms with van der Waals surface area (Å²) in [6.07, 6.45) is -4.70. The minimum atomic E-state index is -4.01. The van der Waals surface area contributed by atoms with Crippen LogP contribution in [0.1, 0.15) is 12.8 Å². The molecule has 0 radical (unpaired) electrons. The summed E-state index contributed by atoms with van der Waals surface area (Å²) in [6, 6.07) is 0. The molecule has 0 unspecified atom stereocenters. The van der Waals surface area contributed by atoms with Crippen LogP contribution >= 0.6 is 0 Å². The normalized spacial score (nSPS) is 26.3. The number of rotatable bonds is 2. The molecule has 0 saturated carbocycles. The Morgan fingerprint density at radius 1 is 1.44 bits per heavy atom. The second kappa shape index (κ2) is 2.17. The van der Waals surface area contributed by atoms with Gasteiger partial charge in [-0.1, -0.05) is 0 Å². The van der Waals surface area contributed by atoms with Gasteiger partial charge in [0.2, 0.25) is 0 Å². The van der Waals surface area contributed by atoms with Crippen LogP contribution in [0.15, 0.2) is 0 Å². The lowest BCUT2D eigenvalue weighted by molar-refractivity contribution is -0.136. The van der Waals surface area contributed by atoms with E-state index in [1.807, 2.05) is 0 Å². The second-order valence-electron chi connectivity index (χ2n) is 2.11. The first-order chi connectivity index (χ1) is 4.08. The molecule has 1 aliphatic rings. The van der Waals surface area contributed by atoms with E-state index in [-0.39, 0.29) is 12.5 Å². The third kappa shape index (κ3) is 3.35. The van der Waals surface area contributed by atoms with Crippen molar-refractivity contribution < 1.29 is 17.9 Å². The summed E-state index contributed by atoms with van der Waals surface area (Å²) in [5.41, 5.74) is 0. The molecule has 0 bridgehead atoms. The van der Waals surface area contributed by atoms with Gasteiger partial charge in [0.1, 0.15) is 0 Å². The standard InChI is InChI=1S/C5H7F3O/c6-5(7,8)2-1-4-3-9-4/h4H,1-3H2/t4-/m1/s1. The second-order valence-corrected chi connectivity index (χ2v) is 2.11. The van der Waals surface area contributed by atoms with Crippen molar-refractivity contribution in [2.45, 2.75) is 25.1 Å². The Balaban J connectivity index is 2.03. The SMILES string of the molecule is FC(F)(F)CC[C@@H]1CO1. The highest BCUT2D eigenvalue weighted by atomic mass is 19.4. The third-order valence-electron chi connectivity index (χ3n) is 1.15. The molecule has 0 spiro atoms. The first-order valence-electron chi connectivity index (χ1n) is 2.76. The van der Waals surface area contributed by atoms with Crippen LogP contribution in [0.3, 0.4) is 0 Å². The van der Waals surface area contributed by atoms with E-state index in [9.17, 15) is 13.2 Å². The van der Waals surface area contributed by atoms with E-state index < -0.39 is 12.6 Å². The van der Waals surface area contributed by atoms with Crippen molar-refractivity contribution in [3.8, 4) is 0 Å². The van der Waals surface area contributed by atoms with E-state index >= 15 is 0 Å². The largest absolute Gasteiger partial charge is 0.389 e. The van der Waals surface area contributed by atoms with Crippen LogP contribution < -0.4 is 0 Å². The zero-order valence-electron chi connectivity index (χ0n) is 4.74. The molecule has 1 nitrogen and oxygen atoms in total. The van der Waals surface area contributed by atoms with Crippen LogP contribution in [0.4, 0.5) is 13.2 Å². The highest BCUT2D eigenvalue weighted by molar-refractivity contribution is 4.70. The monoisotopic (exact) mass is 140 g/mol. The predicted molar refractivity (Wildman–Crippen MR) is 25.0 cm³/mol. The van der Waals surface area contributed by atoms with E-state index in [0.29, 0.717) is 6.61 Å². The van der Waals surface area contributed by atoms with Crippen LogP contribution in [0.5, 0.6) is 0 Å². The van der Waals surface area contributed by atoms with Crippen LogP contribution in [0, 0.1) is 0 Å². The Hall–Kier alpha value is -0.250. The molecule has 54 valence electrons. The van der Waals surface area contributed by atoms with E-state index in [1.165, 1.54) is 0 Å². The molecule has 0 N–H and O–H groups in total. The van der Waals surface area contributed by atoms with Crippen molar-refractivity contribution in [1.82, 2.24) is 0 Å². The number of halogens is 3. The Morgan fingerprint density at radius 2 is 2.00 bits per heavy atom. The van der Waals surface area contributed by atoms with E-state index in [4.69, 9.17) is 0 Å². The Bertz CT molecular complexity index is 94.9. The fourth-order valence-electron chi connectivity index (χ4n) is 0.559. The molecule has 0 aromatic carbocycles. The van der Waals surface area contributed by atoms with Gasteiger partial charge in [0.25, 0.3) is 0 Å². The highest BCUT2D eigenvalue weighted by Gasteiger charge is 2.32. The molecule has 0 aromatic rings. The molecule has 1 fully saturated rings. The molecule has 0 amide bonds. The molecule has 1 aliphatic heterocycles. The van der Waals surface area contributed by atoms with E-state index in [1.54, 1.807) is 0 Å². The first-order valence-corrected chi connectivity index (χ1v) is 2.76. The Labute approximate surface area is 50.8 Å². The van der Waals surface area contributed by atoms with Gasteiger partial charge in [-0.2, -0.15) is 13.2 Å². The fourth-order valence-corrected chi connectivity index (χ4v) is 0.559. The van der Waals surface area contributed by atoms with Crippen molar-refractivity contribution in [3.05, 3.63) is 0 Å². The summed E-state index contributed by atoms with van der Waals surface area (Å²) < 4.78 is 38.8. The maximum Gasteiger partial charge on any atom is 0.389 e. The van der Waals surface area contributed by atoms with E-state index in [0.717, 1.165) is 0 Å². The lowest BCUT2D eigenvalue weighted by atomic mass is 10.2. The molecule has 1 saturated heterocycles. The first kappa shape index (κ1) is 6.86. The van der Waals surface area contributed by atoms with Crippen molar-refractivity contribution in [3.63, 3.8) is 0 Å². The predicted octanol–water partition coefficient (Wildman–Crippen LogP) is 1.73. The van der Waals surface area contributed by atoms with Gasteiger partial charge >= 0.3 is 6.18 Å². The van der Waals surface area contributed by atoms with Crippen LogP contribution in [-0.4, -0.2) is 18.9 Å². The zero-order chi connectivity index (χ0) is 6.91. The summed E-state index contributed by atoms with van der Waals surface area (Å²) in [6.45, 7) is 0.510.